The van der Waals surface area contributed by atoms with Crippen molar-refractivity contribution in [1.82, 2.24) is 0 Å². The number of amides is 1. The van der Waals surface area contributed by atoms with Gasteiger partial charge in [-0.2, -0.15) is 31.6 Å². The first kappa shape index (κ1) is 17.1. The van der Waals surface area contributed by atoms with Gasteiger partial charge in [-0.1, -0.05) is 11.6 Å². The SMILES string of the molecule is N#Cc1ccc(NC(=O)C(C(F)(F)F)C(F)(F)F)c(Cl)c1. The van der Waals surface area contributed by atoms with Gasteiger partial charge in [0.05, 0.1) is 22.3 Å². The van der Waals surface area contributed by atoms with E-state index >= 15 is 0 Å². The van der Waals surface area contributed by atoms with Crippen molar-refractivity contribution in [2.75, 3.05) is 5.32 Å². The van der Waals surface area contributed by atoms with E-state index in [0.717, 1.165) is 18.2 Å². The Morgan fingerprint density at radius 2 is 1.71 bits per heavy atom. The van der Waals surface area contributed by atoms with E-state index in [1.165, 1.54) is 5.32 Å². The number of nitrogens with one attached hydrogen (secondary N) is 1. The second-order valence-corrected chi connectivity index (χ2v) is 4.22. The summed E-state index contributed by atoms with van der Waals surface area (Å²) in [5.74, 6) is -6.47. The summed E-state index contributed by atoms with van der Waals surface area (Å²) in [6.45, 7) is 0. The van der Waals surface area contributed by atoms with Gasteiger partial charge in [0.2, 0.25) is 11.8 Å². The van der Waals surface area contributed by atoms with Crippen LogP contribution in [0.5, 0.6) is 0 Å². The zero-order valence-electron chi connectivity index (χ0n) is 9.81. The summed E-state index contributed by atoms with van der Waals surface area (Å²) >= 11 is 5.56. The van der Waals surface area contributed by atoms with Crippen LogP contribution in [0.15, 0.2) is 18.2 Å². The topological polar surface area (TPSA) is 52.9 Å². The monoisotopic (exact) mass is 330 g/mol. The third-order valence-electron chi connectivity index (χ3n) is 2.27. The molecule has 3 nitrogen and oxygen atoms in total. The van der Waals surface area contributed by atoms with Crippen molar-refractivity contribution in [3.63, 3.8) is 0 Å². The average molecular weight is 331 g/mol. The molecule has 0 aliphatic carbocycles. The molecule has 0 aromatic heterocycles. The van der Waals surface area contributed by atoms with Crippen LogP contribution in [-0.4, -0.2) is 18.3 Å². The van der Waals surface area contributed by atoms with E-state index in [1.807, 2.05) is 0 Å². The first-order valence-electron chi connectivity index (χ1n) is 5.10. The lowest BCUT2D eigenvalue weighted by molar-refractivity contribution is -0.272. The maximum Gasteiger partial charge on any atom is 0.409 e. The fraction of sp³-hybridized carbons (Fsp3) is 0.273. The Labute approximate surface area is 119 Å². The van der Waals surface area contributed by atoms with Crippen LogP contribution < -0.4 is 5.32 Å². The number of alkyl halides is 6. The van der Waals surface area contributed by atoms with Crippen molar-refractivity contribution in [2.24, 2.45) is 5.92 Å². The maximum atomic E-state index is 12.3. The minimum absolute atomic E-state index is 0.0289. The molecule has 1 N–H and O–H groups in total. The third-order valence-corrected chi connectivity index (χ3v) is 2.59. The van der Waals surface area contributed by atoms with E-state index in [4.69, 9.17) is 16.9 Å². The lowest BCUT2D eigenvalue weighted by Crippen LogP contribution is -2.45. The summed E-state index contributed by atoms with van der Waals surface area (Å²) in [7, 11) is 0. The molecular weight excluding hydrogens is 326 g/mol. The van der Waals surface area contributed by atoms with Crippen molar-refractivity contribution in [1.29, 1.82) is 5.26 Å². The highest BCUT2D eigenvalue weighted by atomic mass is 35.5. The van der Waals surface area contributed by atoms with E-state index in [0.29, 0.717) is 0 Å². The van der Waals surface area contributed by atoms with Gasteiger partial charge in [-0.05, 0) is 18.2 Å². The second-order valence-electron chi connectivity index (χ2n) is 3.81. The summed E-state index contributed by atoms with van der Waals surface area (Å²) in [5.41, 5.74) is -0.430. The molecule has 0 fully saturated rings. The molecule has 0 saturated carbocycles. The van der Waals surface area contributed by atoms with Crippen LogP contribution in [0.25, 0.3) is 0 Å². The number of anilines is 1. The zero-order valence-corrected chi connectivity index (χ0v) is 10.6. The standard InChI is InChI=1S/C11H5ClF6N2O/c12-6-3-5(4-19)1-2-7(6)20-9(21)8(10(13,14)15)11(16,17)18/h1-3,8H,(H,20,21). The van der Waals surface area contributed by atoms with Crippen LogP contribution in [0.1, 0.15) is 5.56 Å². The smallest absolute Gasteiger partial charge is 0.324 e. The summed E-state index contributed by atoms with van der Waals surface area (Å²) in [6, 6.07) is 4.67. The molecule has 0 radical (unpaired) electrons. The lowest BCUT2D eigenvalue weighted by atomic mass is 10.1. The molecule has 0 atom stereocenters. The Morgan fingerprint density at radius 1 is 1.19 bits per heavy atom. The summed E-state index contributed by atoms with van der Waals surface area (Å²) in [6.07, 6.45) is -11.6. The molecule has 0 spiro atoms. The van der Waals surface area contributed by atoms with Gasteiger partial charge in [0.1, 0.15) is 0 Å². The Bertz CT molecular complexity index is 576. The number of halogens is 7. The van der Waals surface area contributed by atoms with Gasteiger partial charge in [0.15, 0.2) is 0 Å². The number of benzene rings is 1. The van der Waals surface area contributed by atoms with Crippen molar-refractivity contribution in [2.45, 2.75) is 12.4 Å². The number of nitrogens with zero attached hydrogens (tertiary/aromatic N) is 1. The number of nitriles is 1. The van der Waals surface area contributed by atoms with Crippen LogP contribution in [0.3, 0.4) is 0 Å². The molecule has 0 unspecified atom stereocenters. The molecule has 0 aliphatic heterocycles. The molecular formula is C11H5ClF6N2O. The van der Waals surface area contributed by atoms with Gasteiger partial charge in [-0.25, -0.2) is 0 Å². The molecule has 21 heavy (non-hydrogen) atoms. The molecule has 1 aromatic rings. The first-order valence-corrected chi connectivity index (χ1v) is 5.48. The molecule has 0 heterocycles. The zero-order chi connectivity index (χ0) is 16.4. The van der Waals surface area contributed by atoms with Gasteiger partial charge in [0, 0.05) is 0 Å². The molecule has 114 valence electrons. The van der Waals surface area contributed by atoms with E-state index in [2.05, 4.69) is 0 Å². The van der Waals surface area contributed by atoms with Crippen LogP contribution >= 0.6 is 11.6 Å². The molecule has 1 rings (SSSR count). The van der Waals surface area contributed by atoms with Crippen LogP contribution in [0, 0.1) is 17.2 Å². The number of rotatable bonds is 2. The second kappa shape index (κ2) is 5.81. The lowest BCUT2D eigenvalue weighted by Gasteiger charge is -2.22. The van der Waals surface area contributed by atoms with Crippen LogP contribution in [-0.2, 0) is 4.79 Å². The average Bonchev–Trinajstić information content (AvgIpc) is 2.27. The van der Waals surface area contributed by atoms with E-state index in [1.54, 1.807) is 6.07 Å². The highest BCUT2D eigenvalue weighted by molar-refractivity contribution is 6.33. The fourth-order valence-electron chi connectivity index (χ4n) is 1.37. The van der Waals surface area contributed by atoms with Gasteiger partial charge < -0.3 is 5.32 Å². The Kier molecular flexibility index (Phi) is 4.73. The van der Waals surface area contributed by atoms with E-state index in [-0.39, 0.29) is 10.6 Å². The third kappa shape index (κ3) is 4.26. The van der Waals surface area contributed by atoms with Gasteiger partial charge in [-0.3, -0.25) is 4.79 Å². The van der Waals surface area contributed by atoms with Crippen molar-refractivity contribution >= 4 is 23.2 Å². The predicted molar refractivity (Wildman–Crippen MR) is 60.4 cm³/mol. The quantitative estimate of drug-likeness (QED) is 0.836. The van der Waals surface area contributed by atoms with Crippen LogP contribution in [0.2, 0.25) is 5.02 Å². The van der Waals surface area contributed by atoms with Crippen LogP contribution in [0.4, 0.5) is 32.0 Å². The summed E-state index contributed by atoms with van der Waals surface area (Å²) in [4.78, 5) is 11.2. The molecule has 0 bridgehead atoms. The largest absolute Gasteiger partial charge is 0.409 e. The van der Waals surface area contributed by atoms with Crippen molar-refractivity contribution in [3.05, 3.63) is 28.8 Å². The van der Waals surface area contributed by atoms with Crippen molar-refractivity contribution < 1.29 is 31.1 Å². The Morgan fingerprint density at radius 3 is 2.10 bits per heavy atom. The molecule has 10 heteroatoms. The summed E-state index contributed by atoms with van der Waals surface area (Å²) in [5, 5.41) is 9.64. The van der Waals surface area contributed by atoms with E-state index < -0.39 is 29.9 Å². The first-order chi connectivity index (χ1) is 9.46. The molecule has 0 saturated heterocycles. The number of carbonyl (C=O) groups is 1. The minimum Gasteiger partial charge on any atom is -0.324 e. The Hall–Kier alpha value is -1.95. The molecule has 1 amide bonds. The normalized spacial score (nSPS) is 12.1. The number of carbonyl (C=O) groups excluding carboxylic acids is 1. The number of hydrogen-bond acceptors (Lipinski definition) is 2. The predicted octanol–water partition coefficient (Wildman–Crippen LogP) is 3.89. The van der Waals surface area contributed by atoms with Gasteiger partial charge in [-0.15, -0.1) is 0 Å². The minimum atomic E-state index is -5.79. The molecule has 0 aliphatic rings. The van der Waals surface area contributed by atoms with Gasteiger partial charge >= 0.3 is 12.4 Å². The van der Waals surface area contributed by atoms with Crippen molar-refractivity contribution in [3.8, 4) is 6.07 Å². The maximum absolute atomic E-state index is 12.3. The van der Waals surface area contributed by atoms with E-state index in [9.17, 15) is 31.1 Å². The Balaban J connectivity index is 3.07. The number of hydrogen-bond donors (Lipinski definition) is 1. The van der Waals surface area contributed by atoms with Gasteiger partial charge in [0.25, 0.3) is 0 Å². The highest BCUT2D eigenvalue weighted by Crippen LogP contribution is 2.40. The fourth-order valence-corrected chi connectivity index (χ4v) is 1.60. The molecule has 1 aromatic carbocycles. The summed E-state index contributed by atoms with van der Waals surface area (Å²) < 4.78 is 74.0. The highest BCUT2D eigenvalue weighted by Gasteiger charge is 2.61.